The molecule has 1 N–H and O–H groups in total. The summed E-state index contributed by atoms with van der Waals surface area (Å²) in [6.45, 7) is 2.52. The molecule has 0 unspecified atom stereocenters. The molecule has 0 saturated heterocycles. The van der Waals surface area contributed by atoms with Crippen LogP contribution in [0.2, 0.25) is 0 Å². The summed E-state index contributed by atoms with van der Waals surface area (Å²) in [5, 5.41) is 4.22. The molecule has 8 nitrogen and oxygen atoms in total. The van der Waals surface area contributed by atoms with Crippen molar-refractivity contribution < 1.29 is 14.3 Å². The van der Waals surface area contributed by atoms with E-state index in [2.05, 4.69) is 5.32 Å². The van der Waals surface area contributed by atoms with Crippen LogP contribution in [0.5, 0.6) is 11.5 Å². The Morgan fingerprint density at radius 3 is 2.67 bits per heavy atom. The fourth-order valence-electron chi connectivity index (χ4n) is 3.86. The van der Waals surface area contributed by atoms with Gasteiger partial charge in [0.05, 0.1) is 31.2 Å². The van der Waals surface area contributed by atoms with Crippen molar-refractivity contribution in [2.75, 3.05) is 25.3 Å². The first kappa shape index (κ1) is 22.7. The van der Waals surface area contributed by atoms with Crippen LogP contribution in [0, 0.1) is 0 Å². The minimum absolute atomic E-state index is 0.105. The summed E-state index contributed by atoms with van der Waals surface area (Å²) in [5.74, 6) is 1.18. The van der Waals surface area contributed by atoms with Crippen molar-refractivity contribution in [3.05, 3.63) is 52.8 Å². The van der Waals surface area contributed by atoms with Gasteiger partial charge >= 0.3 is 0 Å². The number of methoxy groups -OCH3 is 2. The zero-order chi connectivity index (χ0) is 23.5. The van der Waals surface area contributed by atoms with Crippen molar-refractivity contribution >= 4 is 45.3 Å². The number of nitrogens with zero attached hydrogens (tertiary/aromatic N) is 3. The largest absolute Gasteiger partial charge is 0.497 e. The predicted molar refractivity (Wildman–Crippen MR) is 132 cm³/mol. The molecule has 0 saturated carbocycles. The van der Waals surface area contributed by atoms with Crippen LogP contribution < -0.4 is 20.3 Å². The SMILES string of the molecule is CCCn1c(SCC(=O)Nc2ccccc2OC)nc2c3cc(OC)ccc3n(C)c2c1=O. The van der Waals surface area contributed by atoms with Crippen molar-refractivity contribution in [2.45, 2.75) is 25.0 Å². The minimum atomic E-state index is -0.207. The number of aromatic nitrogens is 3. The Hall–Kier alpha value is -3.46. The quantitative estimate of drug-likeness (QED) is 0.311. The standard InChI is InChI=1S/C24H26N4O4S/c1-5-12-28-23(30)22-21(16-13-15(31-3)10-11-18(16)27(22)2)26-24(28)33-14-20(29)25-17-8-6-7-9-19(17)32-4/h6-11,13H,5,12,14H2,1-4H3,(H,25,29). The highest BCUT2D eigenvalue weighted by Gasteiger charge is 2.19. The zero-order valence-corrected chi connectivity index (χ0v) is 19.9. The number of hydrogen-bond acceptors (Lipinski definition) is 6. The first-order valence-corrected chi connectivity index (χ1v) is 11.6. The summed E-state index contributed by atoms with van der Waals surface area (Å²) in [4.78, 5) is 30.9. The lowest BCUT2D eigenvalue weighted by Crippen LogP contribution is -2.25. The predicted octanol–water partition coefficient (Wildman–Crippen LogP) is 4.05. The molecule has 1 amide bonds. The Balaban J connectivity index is 1.71. The molecule has 0 aliphatic heterocycles. The Morgan fingerprint density at radius 2 is 1.94 bits per heavy atom. The number of aryl methyl sites for hydroxylation is 1. The maximum Gasteiger partial charge on any atom is 0.278 e. The van der Waals surface area contributed by atoms with Gasteiger partial charge in [0, 0.05) is 19.0 Å². The van der Waals surface area contributed by atoms with E-state index in [0.717, 1.165) is 17.3 Å². The summed E-state index contributed by atoms with van der Waals surface area (Å²) in [6, 6.07) is 12.9. The van der Waals surface area contributed by atoms with Gasteiger partial charge in [0.2, 0.25) is 5.91 Å². The number of benzene rings is 2. The number of ether oxygens (including phenoxy) is 2. The Kier molecular flexibility index (Phi) is 6.60. The lowest BCUT2D eigenvalue weighted by Gasteiger charge is -2.12. The van der Waals surface area contributed by atoms with Crippen LogP contribution in [0.1, 0.15) is 13.3 Å². The van der Waals surface area contributed by atoms with Gasteiger partial charge in [-0.2, -0.15) is 0 Å². The van der Waals surface area contributed by atoms with E-state index < -0.39 is 0 Å². The van der Waals surface area contributed by atoms with Crippen molar-refractivity contribution in [1.82, 2.24) is 14.1 Å². The molecule has 0 spiro atoms. The number of carbonyl (C=O) groups is 1. The van der Waals surface area contributed by atoms with Gasteiger partial charge in [-0.3, -0.25) is 14.2 Å². The van der Waals surface area contributed by atoms with Crippen LogP contribution in [-0.2, 0) is 18.4 Å². The smallest absolute Gasteiger partial charge is 0.278 e. The van der Waals surface area contributed by atoms with Gasteiger partial charge in [0.1, 0.15) is 22.5 Å². The van der Waals surface area contributed by atoms with Gasteiger partial charge in [0.25, 0.3) is 5.56 Å². The number of rotatable bonds is 8. The number of fused-ring (bicyclic) bond motifs is 3. The Bertz CT molecular complexity index is 1390. The summed E-state index contributed by atoms with van der Waals surface area (Å²) in [7, 11) is 5.03. The normalized spacial score (nSPS) is 11.2. The molecule has 2 aromatic heterocycles. The summed E-state index contributed by atoms with van der Waals surface area (Å²) in [6.07, 6.45) is 0.770. The molecule has 4 aromatic rings. The summed E-state index contributed by atoms with van der Waals surface area (Å²) in [5.41, 5.74) is 2.52. The number of amides is 1. The van der Waals surface area contributed by atoms with E-state index in [-0.39, 0.29) is 17.2 Å². The number of para-hydroxylation sites is 2. The topological polar surface area (TPSA) is 87.4 Å². The molecule has 0 aliphatic rings. The van der Waals surface area contributed by atoms with E-state index in [1.165, 1.54) is 11.8 Å². The van der Waals surface area contributed by atoms with Crippen LogP contribution in [0.25, 0.3) is 21.9 Å². The molecule has 0 aliphatic carbocycles. The second-order valence-electron chi connectivity index (χ2n) is 7.53. The fraction of sp³-hybridized carbons (Fsp3) is 0.292. The van der Waals surface area contributed by atoms with Crippen LogP contribution in [0.15, 0.2) is 52.4 Å². The first-order chi connectivity index (χ1) is 16.0. The highest BCUT2D eigenvalue weighted by atomic mass is 32.2. The Labute approximate surface area is 195 Å². The van der Waals surface area contributed by atoms with Gasteiger partial charge in [-0.05, 0) is 36.8 Å². The molecule has 0 radical (unpaired) electrons. The first-order valence-electron chi connectivity index (χ1n) is 10.6. The van der Waals surface area contributed by atoms with E-state index in [9.17, 15) is 9.59 Å². The fourth-order valence-corrected chi connectivity index (χ4v) is 4.67. The van der Waals surface area contributed by atoms with Gasteiger partial charge < -0.3 is 19.4 Å². The number of anilines is 1. The highest BCUT2D eigenvalue weighted by molar-refractivity contribution is 7.99. The Morgan fingerprint density at radius 1 is 1.15 bits per heavy atom. The van der Waals surface area contributed by atoms with Crippen LogP contribution in [-0.4, -0.2) is 40.0 Å². The van der Waals surface area contributed by atoms with Gasteiger partial charge in [-0.25, -0.2) is 4.98 Å². The second kappa shape index (κ2) is 9.58. The van der Waals surface area contributed by atoms with Crippen molar-refractivity contribution in [3.8, 4) is 11.5 Å². The van der Waals surface area contributed by atoms with Crippen molar-refractivity contribution in [1.29, 1.82) is 0 Å². The maximum atomic E-state index is 13.4. The second-order valence-corrected chi connectivity index (χ2v) is 8.47. The molecular weight excluding hydrogens is 440 g/mol. The third-order valence-electron chi connectivity index (χ3n) is 5.43. The molecule has 172 valence electrons. The van der Waals surface area contributed by atoms with Crippen molar-refractivity contribution in [2.24, 2.45) is 7.05 Å². The van der Waals surface area contributed by atoms with Gasteiger partial charge in [-0.1, -0.05) is 30.8 Å². The molecule has 2 aromatic carbocycles. The monoisotopic (exact) mass is 466 g/mol. The van der Waals surface area contributed by atoms with E-state index in [1.807, 2.05) is 48.9 Å². The maximum absolute atomic E-state index is 13.4. The van der Waals surface area contributed by atoms with Crippen LogP contribution in [0.3, 0.4) is 0 Å². The molecule has 0 atom stereocenters. The lowest BCUT2D eigenvalue weighted by molar-refractivity contribution is -0.113. The third-order valence-corrected chi connectivity index (χ3v) is 6.40. The van der Waals surface area contributed by atoms with Crippen LogP contribution in [0.4, 0.5) is 5.69 Å². The average Bonchev–Trinajstić information content (AvgIpc) is 3.11. The van der Waals surface area contributed by atoms with Gasteiger partial charge in [0.15, 0.2) is 5.16 Å². The minimum Gasteiger partial charge on any atom is -0.497 e. The average molecular weight is 467 g/mol. The van der Waals surface area contributed by atoms with E-state index >= 15 is 0 Å². The summed E-state index contributed by atoms with van der Waals surface area (Å²) < 4.78 is 14.2. The third kappa shape index (κ3) is 4.28. The molecule has 9 heteroatoms. The molecule has 2 heterocycles. The van der Waals surface area contributed by atoms with E-state index in [1.54, 1.807) is 30.9 Å². The molecular formula is C24H26N4O4S. The molecule has 0 bridgehead atoms. The zero-order valence-electron chi connectivity index (χ0n) is 19.0. The number of nitrogens with one attached hydrogen (secondary N) is 1. The molecule has 4 rings (SSSR count). The molecule has 0 fully saturated rings. The number of carbonyl (C=O) groups excluding carboxylic acids is 1. The summed E-state index contributed by atoms with van der Waals surface area (Å²) >= 11 is 1.24. The molecule has 33 heavy (non-hydrogen) atoms. The van der Waals surface area contributed by atoms with Crippen molar-refractivity contribution in [3.63, 3.8) is 0 Å². The lowest BCUT2D eigenvalue weighted by atomic mass is 10.2. The van der Waals surface area contributed by atoms with E-state index in [4.69, 9.17) is 14.5 Å². The van der Waals surface area contributed by atoms with Crippen LogP contribution >= 0.6 is 11.8 Å². The highest BCUT2D eigenvalue weighted by Crippen LogP contribution is 2.30. The van der Waals surface area contributed by atoms with E-state index in [0.29, 0.717) is 39.9 Å². The number of thioether (sulfide) groups is 1. The number of hydrogen-bond donors (Lipinski definition) is 1. The van der Waals surface area contributed by atoms with Gasteiger partial charge in [-0.15, -0.1) is 0 Å².